The number of fused-ring (bicyclic) bond motifs is 15. The largest absolute Gasteiger partial charge is 0.308 e. The number of para-hydroxylation sites is 2. The molecule has 3 heteroatoms. The Hall–Kier alpha value is -7.10. The molecule has 0 aliphatic heterocycles. The molecule has 0 spiro atoms. The van der Waals surface area contributed by atoms with Crippen molar-refractivity contribution in [3.63, 3.8) is 0 Å². The van der Waals surface area contributed by atoms with Crippen LogP contribution in [0.4, 0.5) is 17.1 Å². The fourth-order valence-corrected chi connectivity index (χ4v) is 10.8. The molecule has 292 valence electrons. The van der Waals surface area contributed by atoms with Gasteiger partial charge in [-0.2, -0.15) is 0 Å². The summed E-state index contributed by atoms with van der Waals surface area (Å²) in [5.74, 6) is 0. The molecule has 13 aromatic rings. The lowest BCUT2D eigenvalue weighted by Crippen LogP contribution is -2.11. The highest BCUT2D eigenvalue weighted by Crippen LogP contribution is 2.52. The van der Waals surface area contributed by atoms with Crippen LogP contribution in [0, 0.1) is 0 Å². The van der Waals surface area contributed by atoms with E-state index in [1.54, 1.807) is 0 Å². The second-order valence-electron chi connectivity index (χ2n) is 19.4. The maximum atomic E-state index is 2.63. The van der Waals surface area contributed by atoms with Crippen LogP contribution in [0.2, 0.25) is 0 Å². The van der Waals surface area contributed by atoms with Crippen LogP contribution in [0.1, 0.15) is 52.7 Å². The van der Waals surface area contributed by atoms with Crippen molar-refractivity contribution in [2.24, 2.45) is 0 Å². The van der Waals surface area contributed by atoms with Crippen molar-refractivity contribution in [3.05, 3.63) is 175 Å². The average molecular weight is 784 g/mol. The van der Waals surface area contributed by atoms with E-state index in [1.165, 1.54) is 115 Å². The van der Waals surface area contributed by atoms with Crippen LogP contribution in [-0.2, 0) is 10.8 Å². The van der Waals surface area contributed by atoms with Gasteiger partial charge in [0.15, 0.2) is 0 Å². The summed E-state index contributed by atoms with van der Waals surface area (Å²) >= 11 is 0. The zero-order chi connectivity index (χ0) is 41.1. The number of rotatable bonds is 3. The Labute approximate surface area is 354 Å². The van der Waals surface area contributed by atoms with E-state index in [4.69, 9.17) is 0 Å². The molecule has 9 aromatic carbocycles. The predicted molar refractivity (Wildman–Crippen MR) is 263 cm³/mol. The molecule has 0 saturated heterocycles. The van der Waals surface area contributed by atoms with E-state index in [0.29, 0.717) is 0 Å². The van der Waals surface area contributed by atoms with E-state index in [0.717, 1.165) is 11.4 Å². The third-order valence-electron chi connectivity index (χ3n) is 13.8. The Kier molecular flexibility index (Phi) is 6.72. The van der Waals surface area contributed by atoms with E-state index >= 15 is 0 Å². The Morgan fingerprint density at radius 3 is 1.31 bits per heavy atom. The second-order valence-corrected chi connectivity index (χ2v) is 19.4. The first-order valence-corrected chi connectivity index (χ1v) is 21.7. The van der Waals surface area contributed by atoms with Crippen molar-refractivity contribution in [2.45, 2.75) is 52.4 Å². The molecular weight excluding hydrogens is 739 g/mol. The lowest BCUT2D eigenvalue weighted by molar-refractivity contribution is 0.591. The molecule has 0 atom stereocenters. The van der Waals surface area contributed by atoms with Crippen molar-refractivity contribution in [2.75, 3.05) is 4.90 Å². The maximum Gasteiger partial charge on any atom is 0.0789 e. The number of hydrogen-bond donors (Lipinski definition) is 0. The van der Waals surface area contributed by atoms with Gasteiger partial charge in [0.2, 0.25) is 0 Å². The van der Waals surface area contributed by atoms with Gasteiger partial charge < -0.3 is 13.7 Å². The SMILES string of the molecule is CC(C)(C)c1cc2c3cc4c(cc3n3c5c(N(c6ccccc6)c6ccccc6)c6ccccc6cc5c(c1)c23)c1cc(C(C)(C)C)cc2c3ccc5ccccc5c3n4c12. The van der Waals surface area contributed by atoms with Gasteiger partial charge in [-0.1, -0.05) is 139 Å². The molecule has 61 heavy (non-hydrogen) atoms. The predicted octanol–water partition coefficient (Wildman–Crippen LogP) is 16.4. The van der Waals surface area contributed by atoms with Gasteiger partial charge in [0.05, 0.1) is 38.8 Å². The fourth-order valence-electron chi connectivity index (χ4n) is 10.8. The Balaban J connectivity index is 1.29. The van der Waals surface area contributed by atoms with Crippen LogP contribution in [0.5, 0.6) is 0 Å². The van der Waals surface area contributed by atoms with E-state index in [9.17, 15) is 0 Å². The van der Waals surface area contributed by atoms with Crippen LogP contribution in [0.15, 0.2) is 164 Å². The third kappa shape index (κ3) is 4.64. The molecule has 0 amide bonds. The van der Waals surface area contributed by atoms with Crippen molar-refractivity contribution in [1.82, 2.24) is 8.80 Å². The molecule has 4 aromatic heterocycles. The smallest absolute Gasteiger partial charge is 0.0789 e. The van der Waals surface area contributed by atoms with Crippen LogP contribution in [0.25, 0.3) is 97.7 Å². The van der Waals surface area contributed by atoms with Crippen LogP contribution in [0.3, 0.4) is 0 Å². The summed E-state index contributed by atoms with van der Waals surface area (Å²) in [7, 11) is 0. The molecule has 0 fully saturated rings. The highest BCUT2D eigenvalue weighted by molar-refractivity contribution is 6.32. The molecule has 0 radical (unpaired) electrons. The molecule has 4 heterocycles. The first kappa shape index (κ1) is 34.7. The molecular formula is C58H45N3. The molecule has 0 aliphatic carbocycles. The van der Waals surface area contributed by atoms with Gasteiger partial charge >= 0.3 is 0 Å². The van der Waals surface area contributed by atoms with Crippen LogP contribution < -0.4 is 4.90 Å². The van der Waals surface area contributed by atoms with Gasteiger partial charge in [0, 0.05) is 65.2 Å². The first-order chi connectivity index (χ1) is 29.5. The van der Waals surface area contributed by atoms with Gasteiger partial charge in [-0.05, 0) is 99.5 Å². The molecule has 3 nitrogen and oxygen atoms in total. The summed E-state index contributed by atoms with van der Waals surface area (Å²) in [6.07, 6.45) is 0. The molecule has 0 bridgehead atoms. The minimum Gasteiger partial charge on any atom is -0.308 e. The third-order valence-corrected chi connectivity index (χ3v) is 13.8. The minimum absolute atomic E-state index is 0.0217. The van der Waals surface area contributed by atoms with Crippen molar-refractivity contribution in [1.29, 1.82) is 0 Å². The molecule has 0 N–H and O–H groups in total. The van der Waals surface area contributed by atoms with Gasteiger partial charge in [0.1, 0.15) is 0 Å². The average Bonchev–Trinajstić information content (AvgIpc) is 3.98. The summed E-state index contributed by atoms with van der Waals surface area (Å²) < 4.78 is 5.24. The van der Waals surface area contributed by atoms with E-state index in [-0.39, 0.29) is 10.8 Å². The maximum absolute atomic E-state index is 2.63. The number of hydrogen-bond acceptors (Lipinski definition) is 1. The fraction of sp³-hybridized carbons (Fsp3) is 0.138. The van der Waals surface area contributed by atoms with E-state index in [2.05, 4.69) is 219 Å². The number of aromatic nitrogens is 2. The number of benzene rings is 9. The highest BCUT2D eigenvalue weighted by Gasteiger charge is 2.30. The van der Waals surface area contributed by atoms with Gasteiger partial charge in [-0.15, -0.1) is 0 Å². The lowest BCUT2D eigenvalue weighted by Gasteiger charge is -2.28. The molecule has 0 unspecified atom stereocenters. The summed E-state index contributed by atoms with van der Waals surface area (Å²) in [5, 5.41) is 15.5. The van der Waals surface area contributed by atoms with Gasteiger partial charge in [-0.25, -0.2) is 0 Å². The zero-order valence-corrected chi connectivity index (χ0v) is 35.4. The summed E-state index contributed by atoms with van der Waals surface area (Å²) in [6.45, 7) is 14.1. The topological polar surface area (TPSA) is 12.1 Å². The standard InChI is InChI=1S/C58H45N3/c1-57(2,3)36-28-46-42-26-25-34-17-13-15-23-40(34)52(42)60-50-32-44-48-30-37(58(4,5)6)31-49-45-27-35-18-14-16-24-41(35)55(59(38-19-9-7-10-20-38)39-21-11-8-12-22-39)56(45)61(54(48)49)51(44)33-43(50)47(29-36)53(46)60/h7-33H,1-6H3. The quantitative estimate of drug-likeness (QED) is 0.174. The number of nitrogens with zero attached hydrogens (tertiary/aromatic N) is 3. The lowest BCUT2D eigenvalue weighted by atomic mass is 9.85. The zero-order valence-electron chi connectivity index (χ0n) is 35.4. The summed E-state index contributed by atoms with van der Waals surface area (Å²) in [6, 6.07) is 61.8. The Morgan fingerprint density at radius 2 is 0.754 bits per heavy atom. The van der Waals surface area contributed by atoms with E-state index in [1.807, 2.05) is 0 Å². The Morgan fingerprint density at radius 1 is 0.328 bits per heavy atom. The normalized spacial score (nSPS) is 13.1. The summed E-state index contributed by atoms with van der Waals surface area (Å²) in [4.78, 5) is 2.49. The van der Waals surface area contributed by atoms with E-state index < -0.39 is 0 Å². The minimum atomic E-state index is -0.0559. The van der Waals surface area contributed by atoms with Crippen molar-refractivity contribution < 1.29 is 0 Å². The second kappa shape index (κ2) is 11.8. The highest BCUT2D eigenvalue weighted by atomic mass is 15.2. The summed E-state index contributed by atoms with van der Waals surface area (Å²) in [5.41, 5.74) is 13.7. The first-order valence-electron chi connectivity index (χ1n) is 21.7. The van der Waals surface area contributed by atoms with Crippen LogP contribution in [-0.4, -0.2) is 8.80 Å². The monoisotopic (exact) mass is 783 g/mol. The molecule has 0 saturated carbocycles. The Bertz CT molecular complexity index is 3890. The van der Waals surface area contributed by atoms with Gasteiger partial charge in [-0.3, -0.25) is 0 Å². The van der Waals surface area contributed by atoms with Crippen molar-refractivity contribution in [3.8, 4) is 0 Å². The molecule has 13 rings (SSSR count). The number of anilines is 3. The molecule has 0 aliphatic rings. The van der Waals surface area contributed by atoms with Gasteiger partial charge in [0.25, 0.3) is 0 Å². The van der Waals surface area contributed by atoms with Crippen molar-refractivity contribution >= 4 is 115 Å². The van der Waals surface area contributed by atoms with Crippen LogP contribution >= 0.6 is 0 Å².